The average Bonchev–Trinajstić information content (AvgIpc) is 3.04. The Hall–Kier alpha value is -3.90. The lowest BCUT2D eigenvalue weighted by Crippen LogP contribution is -2.18. The van der Waals surface area contributed by atoms with Gasteiger partial charge in [-0.2, -0.15) is 0 Å². The van der Waals surface area contributed by atoms with Crippen LogP contribution in [0.25, 0.3) is 6.08 Å². The Morgan fingerprint density at radius 2 is 1.53 bits per heavy atom. The number of carbonyl (C=O) groups is 3. The molecule has 4 rings (SSSR count). The Labute approximate surface area is 189 Å². The van der Waals surface area contributed by atoms with Crippen LogP contribution in [0, 0.1) is 0 Å². The number of esters is 1. The molecule has 0 unspecified atom stereocenters. The van der Waals surface area contributed by atoms with E-state index in [-0.39, 0.29) is 35.2 Å². The van der Waals surface area contributed by atoms with Gasteiger partial charge in [0.15, 0.2) is 29.7 Å². The van der Waals surface area contributed by atoms with Gasteiger partial charge in [0.05, 0.1) is 17.7 Å². The molecule has 1 aliphatic carbocycles. The van der Waals surface area contributed by atoms with E-state index in [0.717, 1.165) is 0 Å². The smallest absolute Gasteiger partial charge is 0.349 e. The fourth-order valence-electron chi connectivity index (χ4n) is 3.28. The number of methoxy groups -OCH3 is 1. The first-order valence-electron chi connectivity index (χ1n) is 9.64. The molecule has 3 aromatic rings. The largest absolute Gasteiger partial charge is 0.493 e. The molecule has 0 saturated carbocycles. The Balaban J connectivity index is 1.49. The molecule has 3 aromatic carbocycles. The summed E-state index contributed by atoms with van der Waals surface area (Å²) >= 11 is 6.00. The van der Waals surface area contributed by atoms with Crippen molar-refractivity contribution in [1.82, 2.24) is 0 Å². The van der Waals surface area contributed by atoms with Crippen molar-refractivity contribution in [3.63, 3.8) is 0 Å². The number of fused-ring (bicyclic) bond motifs is 1. The SMILES string of the molecule is COc1cc(C=C2C(=O)c3ccccc3C2=O)ccc1OC(=O)COc1ccccc1Cl. The zero-order chi connectivity index (χ0) is 22.7. The molecule has 160 valence electrons. The van der Waals surface area contributed by atoms with E-state index in [2.05, 4.69) is 0 Å². The lowest BCUT2D eigenvalue weighted by atomic mass is 10.1. The first kappa shape index (κ1) is 21.3. The summed E-state index contributed by atoms with van der Waals surface area (Å²) in [6.45, 7) is -0.347. The first-order valence-corrected chi connectivity index (χ1v) is 10.0. The van der Waals surface area contributed by atoms with Crippen molar-refractivity contribution in [2.75, 3.05) is 13.7 Å². The summed E-state index contributed by atoms with van der Waals surface area (Å²) in [6, 6.07) is 18.2. The van der Waals surface area contributed by atoms with Gasteiger partial charge in [0.2, 0.25) is 0 Å². The molecule has 1 aliphatic rings. The van der Waals surface area contributed by atoms with E-state index in [4.69, 9.17) is 25.8 Å². The standard InChI is InChI=1S/C25H17ClO6/c1-30-22-13-15(12-18-24(28)16-6-2-3-7-17(16)25(18)29)10-11-21(22)32-23(27)14-31-20-9-5-4-8-19(20)26/h2-13H,14H2,1H3. The van der Waals surface area contributed by atoms with Crippen LogP contribution in [0.2, 0.25) is 5.02 Å². The van der Waals surface area contributed by atoms with Gasteiger partial charge in [0.1, 0.15) is 5.75 Å². The first-order chi connectivity index (χ1) is 15.5. The van der Waals surface area contributed by atoms with Gasteiger partial charge in [0, 0.05) is 11.1 Å². The lowest BCUT2D eigenvalue weighted by molar-refractivity contribution is -0.136. The number of ether oxygens (including phenoxy) is 3. The van der Waals surface area contributed by atoms with E-state index >= 15 is 0 Å². The molecule has 0 radical (unpaired) electrons. The number of rotatable bonds is 6. The fraction of sp³-hybridized carbons (Fsp3) is 0.0800. The molecule has 0 atom stereocenters. The monoisotopic (exact) mass is 448 g/mol. The summed E-state index contributed by atoms with van der Waals surface area (Å²) < 4.78 is 16.0. The molecule has 0 aliphatic heterocycles. The molecule has 32 heavy (non-hydrogen) atoms. The summed E-state index contributed by atoms with van der Waals surface area (Å²) in [6.07, 6.45) is 1.50. The van der Waals surface area contributed by atoms with Gasteiger partial charge >= 0.3 is 5.97 Å². The van der Waals surface area contributed by atoms with Crippen LogP contribution in [0.4, 0.5) is 0 Å². The van der Waals surface area contributed by atoms with Crippen LogP contribution in [0.15, 0.2) is 72.3 Å². The Kier molecular flexibility index (Phi) is 6.05. The third kappa shape index (κ3) is 4.26. The van der Waals surface area contributed by atoms with Crippen molar-refractivity contribution in [3.05, 3.63) is 94.0 Å². The number of benzene rings is 3. The molecular formula is C25H17ClO6. The number of para-hydroxylation sites is 1. The third-order valence-corrected chi connectivity index (χ3v) is 5.12. The summed E-state index contributed by atoms with van der Waals surface area (Å²) in [5.41, 5.74) is 1.41. The molecule has 0 heterocycles. The van der Waals surface area contributed by atoms with Gasteiger partial charge in [-0.15, -0.1) is 0 Å². The fourth-order valence-corrected chi connectivity index (χ4v) is 3.47. The van der Waals surface area contributed by atoms with Crippen molar-refractivity contribution in [1.29, 1.82) is 0 Å². The Morgan fingerprint density at radius 3 is 2.19 bits per heavy atom. The number of hydrogen-bond donors (Lipinski definition) is 0. The van der Waals surface area contributed by atoms with Crippen LogP contribution < -0.4 is 14.2 Å². The Morgan fingerprint density at radius 1 is 0.875 bits per heavy atom. The van der Waals surface area contributed by atoms with E-state index in [9.17, 15) is 14.4 Å². The quantitative estimate of drug-likeness (QED) is 0.233. The van der Waals surface area contributed by atoms with E-state index in [1.165, 1.54) is 19.3 Å². The highest BCUT2D eigenvalue weighted by molar-refractivity contribution is 6.41. The molecule has 0 bridgehead atoms. The maximum Gasteiger partial charge on any atom is 0.349 e. The van der Waals surface area contributed by atoms with Gasteiger partial charge in [-0.3, -0.25) is 9.59 Å². The van der Waals surface area contributed by atoms with Gasteiger partial charge in [-0.1, -0.05) is 54.1 Å². The molecule has 0 amide bonds. The molecule has 0 spiro atoms. The minimum absolute atomic E-state index is 0.0751. The topological polar surface area (TPSA) is 78.9 Å². The van der Waals surface area contributed by atoms with Crippen molar-refractivity contribution in [2.24, 2.45) is 0 Å². The highest BCUT2D eigenvalue weighted by atomic mass is 35.5. The minimum atomic E-state index is -0.647. The van der Waals surface area contributed by atoms with Gasteiger partial charge < -0.3 is 14.2 Å². The maximum atomic E-state index is 12.6. The van der Waals surface area contributed by atoms with Crippen LogP contribution >= 0.6 is 11.6 Å². The molecule has 0 fully saturated rings. The van der Waals surface area contributed by atoms with Crippen LogP contribution in [0.3, 0.4) is 0 Å². The van der Waals surface area contributed by atoms with Gasteiger partial charge in [-0.05, 0) is 35.9 Å². The number of hydrogen-bond acceptors (Lipinski definition) is 6. The number of ketones is 2. The van der Waals surface area contributed by atoms with E-state index < -0.39 is 5.97 Å². The molecular weight excluding hydrogens is 432 g/mol. The summed E-state index contributed by atoms with van der Waals surface area (Å²) in [5, 5.41) is 0.383. The maximum absolute atomic E-state index is 12.6. The minimum Gasteiger partial charge on any atom is -0.493 e. The van der Waals surface area contributed by atoms with Gasteiger partial charge in [-0.25, -0.2) is 4.79 Å². The molecule has 0 saturated heterocycles. The van der Waals surface area contributed by atoms with Crippen molar-refractivity contribution >= 4 is 35.2 Å². The second-order valence-electron chi connectivity index (χ2n) is 6.87. The number of Topliss-reactive ketones (excluding diaryl/α,β-unsaturated/α-hetero) is 2. The highest BCUT2D eigenvalue weighted by Gasteiger charge is 2.32. The Bertz CT molecular complexity index is 1220. The zero-order valence-electron chi connectivity index (χ0n) is 17.0. The number of carbonyl (C=O) groups excluding carboxylic acids is 3. The van der Waals surface area contributed by atoms with Crippen LogP contribution in [0.5, 0.6) is 17.2 Å². The van der Waals surface area contributed by atoms with Crippen molar-refractivity contribution in [2.45, 2.75) is 0 Å². The second-order valence-corrected chi connectivity index (χ2v) is 7.27. The lowest BCUT2D eigenvalue weighted by Gasteiger charge is -2.11. The summed E-state index contributed by atoms with van der Waals surface area (Å²) in [4.78, 5) is 37.4. The normalized spacial score (nSPS) is 12.4. The van der Waals surface area contributed by atoms with Crippen LogP contribution in [0.1, 0.15) is 26.3 Å². The number of halogens is 1. The third-order valence-electron chi connectivity index (χ3n) is 4.81. The van der Waals surface area contributed by atoms with E-state index in [1.54, 1.807) is 60.7 Å². The second kappa shape index (κ2) is 9.08. The van der Waals surface area contributed by atoms with Gasteiger partial charge in [0.25, 0.3) is 0 Å². The zero-order valence-corrected chi connectivity index (χ0v) is 17.7. The summed E-state index contributed by atoms with van der Waals surface area (Å²) in [5.74, 6) is -0.484. The van der Waals surface area contributed by atoms with Crippen molar-refractivity contribution in [3.8, 4) is 17.2 Å². The van der Waals surface area contributed by atoms with Crippen molar-refractivity contribution < 1.29 is 28.6 Å². The molecule has 7 heteroatoms. The molecule has 0 N–H and O–H groups in total. The van der Waals surface area contributed by atoms with E-state index in [0.29, 0.717) is 27.5 Å². The van der Waals surface area contributed by atoms with E-state index in [1.807, 2.05) is 0 Å². The number of allylic oxidation sites excluding steroid dienone is 1. The molecule has 6 nitrogen and oxygen atoms in total. The molecule has 0 aromatic heterocycles. The predicted octanol–water partition coefficient (Wildman–Crippen LogP) is 4.80. The van der Waals surface area contributed by atoms with Crippen LogP contribution in [-0.2, 0) is 4.79 Å². The highest BCUT2D eigenvalue weighted by Crippen LogP contribution is 2.32. The average molecular weight is 449 g/mol. The predicted molar refractivity (Wildman–Crippen MR) is 119 cm³/mol. The summed E-state index contributed by atoms with van der Waals surface area (Å²) in [7, 11) is 1.42. The van der Waals surface area contributed by atoms with Crippen LogP contribution in [-0.4, -0.2) is 31.3 Å².